The van der Waals surface area contributed by atoms with E-state index >= 15 is 0 Å². The second-order valence-electron chi connectivity index (χ2n) is 3.24. The molecule has 9 heteroatoms. The van der Waals surface area contributed by atoms with Crippen molar-refractivity contribution < 1.29 is 14.7 Å². The molecule has 8 nitrogen and oxygen atoms in total. The summed E-state index contributed by atoms with van der Waals surface area (Å²) in [6.07, 6.45) is -0.261. The van der Waals surface area contributed by atoms with Crippen molar-refractivity contribution >= 4 is 29.7 Å². The Morgan fingerprint density at radius 3 is 2.72 bits per heavy atom. The lowest BCUT2D eigenvalue weighted by molar-refractivity contribution is -0.135. The monoisotopic (exact) mass is 272 g/mol. The smallest absolute Gasteiger partial charge is 0.356 e. The fraction of sp³-hybridized carbons (Fsp3) is 0.333. The molecule has 0 atom stereocenters. The number of ether oxygens (including phenoxy) is 1. The highest BCUT2D eigenvalue weighted by atomic mass is 32.1. The molecule has 0 aromatic carbocycles. The summed E-state index contributed by atoms with van der Waals surface area (Å²) in [5, 5.41) is 11.5. The lowest BCUT2D eigenvalue weighted by atomic mass is 10.1. The van der Waals surface area contributed by atoms with E-state index in [0.717, 1.165) is 0 Å². The molecule has 5 N–H and O–H groups in total. The van der Waals surface area contributed by atoms with Crippen LogP contribution in [0, 0.1) is 4.77 Å². The number of oxime groups is 1. The van der Waals surface area contributed by atoms with Gasteiger partial charge < -0.3 is 20.7 Å². The van der Waals surface area contributed by atoms with Crippen LogP contribution in [0.1, 0.15) is 12.5 Å². The molecule has 0 unspecified atom stereocenters. The van der Waals surface area contributed by atoms with E-state index in [0.29, 0.717) is 0 Å². The zero-order valence-corrected chi connectivity index (χ0v) is 10.3. The lowest BCUT2D eigenvalue weighted by Gasteiger charge is -2.05. The number of aromatic nitrogens is 2. The molecule has 1 heterocycles. The van der Waals surface area contributed by atoms with Crippen LogP contribution in [-0.2, 0) is 16.0 Å². The quantitative estimate of drug-likeness (QED) is 0.200. The minimum absolute atomic E-state index is 0.00852. The van der Waals surface area contributed by atoms with Crippen LogP contribution in [0.25, 0.3) is 0 Å². The number of H-pyrrole nitrogens is 2. The van der Waals surface area contributed by atoms with E-state index in [9.17, 15) is 9.59 Å². The number of carbonyl (C=O) groups is 1. The van der Waals surface area contributed by atoms with E-state index < -0.39 is 11.5 Å². The number of esters is 1. The number of nitrogen functional groups attached to an aromatic ring is 1. The van der Waals surface area contributed by atoms with Crippen molar-refractivity contribution in [1.29, 1.82) is 0 Å². The predicted octanol–water partition coefficient (Wildman–Crippen LogP) is -0.0495. The second-order valence-corrected chi connectivity index (χ2v) is 3.65. The number of hydrogen-bond donors (Lipinski definition) is 4. The van der Waals surface area contributed by atoms with Crippen molar-refractivity contribution in [2.45, 2.75) is 13.3 Å². The first kappa shape index (κ1) is 13.9. The summed E-state index contributed by atoms with van der Waals surface area (Å²) in [6.45, 7) is 1.73. The van der Waals surface area contributed by atoms with Crippen LogP contribution in [0.5, 0.6) is 0 Å². The standard InChI is InChI=1S/C9H12N4O4S/c1-2-17-8(15)5(13-16)3-4-6(10)11-9(18)12-7(4)14/h16H,2-3H2,1H3,(H4,10,11,12,14,18)/b13-5-. The molecular weight excluding hydrogens is 260 g/mol. The molecule has 0 aliphatic rings. The Labute approximate surface area is 106 Å². The van der Waals surface area contributed by atoms with Crippen LogP contribution in [0.3, 0.4) is 0 Å². The molecule has 0 fully saturated rings. The number of nitrogens with two attached hydrogens (primary N) is 1. The van der Waals surface area contributed by atoms with Crippen LogP contribution in [0.15, 0.2) is 9.95 Å². The van der Waals surface area contributed by atoms with Gasteiger partial charge in [0, 0.05) is 6.42 Å². The molecule has 0 spiro atoms. The zero-order chi connectivity index (χ0) is 13.7. The summed E-state index contributed by atoms with van der Waals surface area (Å²) >= 11 is 4.72. The maximum Gasteiger partial charge on any atom is 0.356 e. The molecule has 98 valence electrons. The van der Waals surface area contributed by atoms with Gasteiger partial charge in [-0.15, -0.1) is 0 Å². The third-order valence-electron chi connectivity index (χ3n) is 2.05. The van der Waals surface area contributed by atoms with Gasteiger partial charge in [0.25, 0.3) is 5.56 Å². The topological polar surface area (TPSA) is 134 Å². The molecule has 0 radical (unpaired) electrons. The fourth-order valence-electron chi connectivity index (χ4n) is 1.24. The summed E-state index contributed by atoms with van der Waals surface area (Å²) in [5.41, 5.74) is 4.74. The number of nitrogens with one attached hydrogen (secondary N) is 2. The molecule has 0 saturated heterocycles. The van der Waals surface area contributed by atoms with Crippen LogP contribution in [-0.4, -0.2) is 33.5 Å². The summed E-state index contributed by atoms with van der Waals surface area (Å²) in [7, 11) is 0. The van der Waals surface area contributed by atoms with Crippen molar-refractivity contribution in [3.63, 3.8) is 0 Å². The van der Waals surface area contributed by atoms with E-state index in [2.05, 4.69) is 19.9 Å². The highest BCUT2D eigenvalue weighted by Crippen LogP contribution is 2.04. The van der Waals surface area contributed by atoms with Gasteiger partial charge in [-0.05, 0) is 19.1 Å². The van der Waals surface area contributed by atoms with E-state index in [4.69, 9.17) is 23.2 Å². The highest BCUT2D eigenvalue weighted by molar-refractivity contribution is 7.71. The van der Waals surface area contributed by atoms with E-state index in [1.54, 1.807) is 6.92 Å². The maximum atomic E-state index is 11.6. The minimum atomic E-state index is -0.818. The molecule has 0 aliphatic heterocycles. The van der Waals surface area contributed by atoms with Crippen molar-refractivity contribution in [2.24, 2.45) is 5.16 Å². The van der Waals surface area contributed by atoms with Crippen molar-refractivity contribution in [3.05, 3.63) is 20.7 Å². The Hall–Kier alpha value is -2.16. The van der Waals surface area contributed by atoms with E-state index in [-0.39, 0.29) is 34.9 Å². The third-order valence-corrected chi connectivity index (χ3v) is 2.25. The summed E-state index contributed by atoms with van der Waals surface area (Å²) in [4.78, 5) is 27.8. The molecule has 1 aromatic heterocycles. The Bertz CT molecular complexity index is 589. The van der Waals surface area contributed by atoms with Gasteiger partial charge >= 0.3 is 5.97 Å². The van der Waals surface area contributed by atoms with Gasteiger partial charge in [0.15, 0.2) is 10.5 Å². The first-order chi connectivity index (χ1) is 8.49. The Kier molecular flexibility index (Phi) is 4.60. The largest absolute Gasteiger partial charge is 0.461 e. The van der Waals surface area contributed by atoms with Crippen molar-refractivity contribution in [1.82, 2.24) is 9.97 Å². The predicted molar refractivity (Wildman–Crippen MR) is 66.2 cm³/mol. The molecule has 0 aliphatic carbocycles. The molecular formula is C9H12N4O4S. The Morgan fingerprint density at radius 2 is 2.22 bits per heavy atom. The molecule has 0 bridgehead atoms. The maximum absolute atomic E-state index is 11.6. The van der Waals surface area contributed by atoms with Gasteiger partial charge in [-0.3, -0.25) is 9.78 Å². The number of nitrogens with zero attached hydrogens (tertiary/aromatic N) is 1. The van der Waals surface area contributed by atoms with Crippen LogP contribution < -0.4 is 11.3 Å². The molecule has 0 saturated carbocycles. The number of rotatable bonds is 4. The van der Waals surface area contributed by atoms with Gasteiger partial charge in [0.2, 0.25) is 0 Å². The van der Waals surface area contributed by atoms with Crippen LogP contribution in [0.4, 0.5) is 5.82 Å². The third kappa shape index (κ3) is 3.17. The number of aromatic amines is 2. The highest BCUT2D eigenvalue weighted by Gasteiger charge is 2.18. The zero-order valence-electron chi connectivity index (χ0n) is 9.52. The van der Waals surface area contributed by atoms with Gasteiger partial charge in [-0.1, -0.05) is 5.16 Å². The first-order valence-electron chi connectivity index (χ1n) is 4.98. The SMILES string of the molecule is CCOC(=O)/C(Cc1c(N)[nH]c(=S)[nH]c1=O)=N\O. The first-order valence-corrected chi connectivity index (χ1v) is 5.39. The van der Waals surface area contributed by atoms with E-state index in [1.165, 1.54) is 0 Å². The summed E-state index contributed by atoms with van der Waals surface area (Å²) in [6, 6.07) is 0. The molecule has 1 aromatic rings. The number of hydrogen-bond acceptors (Lipinski definition) is 7. The summed E-state index contributed by atoms with van der Waals surface area (Å²) in [5.74, 6) is -0.810. The van der Waals surface area contributed by atoms with E-state index in [1.807, 2.05) is 0 Å². The average molecular weight is 272 g/mol. The Balaban J connectivity index is 3.08. The van der Waals surface area contributed by atoms with Gasteiger partial charge in [-0.25, -0.2) is 4.79 Å². The normalized spacial score (nSPS) is 11.3. The molecule has 18 heavy (non-hydrogen) atoms. The molecule has 0 amide bonds. The van der Waals surface area contributed by atoms with Crippen molar-refractivity contribution in [3.8, 4) is 0 Å². The second kappa shape index (κ2) is 5.96. The molecule has 1 rings (SSSR count). The summed E-state index contributed by atoms with van der Waals surface area (Å²) < 4.78 is 4.73. The van der Waals surface area contributed by atoms with Crippen molar-refractivity contribution in [2.75, 3.05) is 12.3 Å². The fourth-order valence-corrected chi connectivity index (χ4v) is 1.44. The average Bonchev–Trinajstić information content (AvgIpc) is 2.28. The number of carbonyl (C=O) groups excluding carboxylic acids is 1. The Morgan fingerprint density at radius 1 is 1.56 bits per heavy atom. The minimum Gasteiger partial charge on any atom is -0.461 e. The van der Waals surface area contributed by atoms with Crippen LogP contribution in [0.2, 0.25) is 0 Å². The van der Waals surface area contributed by atoms with Gasteiger partial charge in [0.1, 0.15) is 5.82 Å². The van der Waals surface area contributed by atoms with Gasteiger partial charge in [0.05, 0.1) is 12.2 Å². The number of anilines is 1. The lowest BCUT2D eigenvalue weighted by Crippen LogP contribution is -2.26. The van der Waals surface area contributed by atoms with Gasteiger partial charge in [-0.2, -0.15) is 0 Å². The van der Waals surface area contributed by atoms with Crippen LogP contribution >= 0.6 is 12.2 Å².